The molecule has 1 aromatic heterocycles. The lowest BCUT2D eigenvalue weighted by Crippen LogP contribution is -2.73. The number of fused-ring (bicyclic) bond motifs is 1. The van der Waals surface area contributed by atoms with Crippen molar-refractivity contribution in [2.24, 2.45) is 10.6 Å². The van der Waals surface area contributed by atoms with Gasteiger partial charge in [0.15, 0.2) is 22.4 Å². The normalized spacial score (nSPS) is 21.3. The Morgan fingerprint density at radius 2 is 1.84 bits per heavy atom. The molecule has 2 aliphatic rings. The predicted molar refractivity (Wildman–Crippen MR) is 159 cm³/mol. The lowest BCUT2D eigenvalue weighted by Gasteiger charge is -2.52. The SMILES string of the molecule is C#CC1(C(=O)O)CS[C@@H]2C(NC(=O)C(=NOCC(=O)OC(c3ccccc3)c3ccccc3)c3csc(N)n3)C(=O)N2C1. The summed E-state index contributed by atoms with van der Waals surface area (Å²) in [7, 11) is 0. The summed E-state index contributed by atoms with van der Waals surface area (Å²) in [5.74, 6) is -0.848. The van der Waals surface area contributed by atoms with Crippen LogP contribution in [0.2, 0.25) is 0 Å². The number of carbonyl (C=O) groups excluding carboxylic acids is 3. The van der Waals surface area contributed by atoms with E-state index in [9.17, 15) is 24.3 Å². The summed E-state index contributed by atoms with van der Waals surface area (Å²) in [6.07, 6.45) is 4.76. The van der Waals surface area contributed by atoms with Gasteiger partial charge in [-0.05, 0) is 11.1 Å². The maximum atomic E-state index is 13.3. The topological polar surface area (TPSA) is 174 Å². The molecule has 2 aliphatic heterocycles. The van der Waals surface area contributed by atoms with Gasteiger partial charge in [-0.15, -0.1) is 29.5 Å². The van der Waals surface area contributed by atoms with Crippen LogP contribution in [0.5, 0.6) is 0 Å². The van der Waals surface area contributed by atoms with Gasteiger partial charge in [0.1, 0.15) is 17.1 Å². The lowest BCUT2D eigenvalue weighted by molar-refractivity contribution is -0.155. The first-order valence-electron chi connectivity index (χ1n) is 12.9. The summed E-state index contributed by atoms with van der Waals surface area (Å²) < 4.78 is 5.71. The van der Waals surface area contributed by atoms with Gasteiger partial charge in [-0.3, -0.25) is 14.4 Å². The molecule has 2 aromatic carbocycles. The summed E-state index contributed by atoms with van der Waals surface area (Å²) in [4.78, 5) is 61.2. The number of hydrogen-bond acceptors (Lipinski definition) is 11. The molecule has 0 spiro atoms. The molecule has 0 aliphatic carbocycles. The number of esters is 1. The summed E-state index contributed by atoms with van der Waals surface area (Å²) in [6.45, 7) is -0.784. The minimum absolute atomic E-state index is 0.0708. The van der Waals surface area contributed by atoms with Gasteiger partial charge in [0.05, 0.1) is 0 Å². The summed E-state index contributed by atoms with van der Waals surface area (Å²) in [5, 5.41) is 17.2. The average molecular weight is 620 g/mol. The first-order valence-corrected chi connectivity index (χ1v) is 14.8. The molecule has 0 saturated carbocycles. The van der Waals surface area contributed by atoms with E-state index in [1.807, 2.05) is 60.7 Å². The summed E-state index contributed by atoms with van der Waals surface area (Å²) in [5.41, 5.74) is 5.53. The van der Waals surface area contributed by atoms with Crippen LogP contribution in [0.25, 0.3) is 0 Å². The number of thiazole rings is 1. The molecule has 14 heteroatoms. The number of nitrogens with zero attached hydrogens (tertiary/aromatic N) is 3. The Labute approximate surface area is 254 Å². The smallest absolute Gasteiger partial charge is 0.347 e. The van der Waals surface area contributed by atoms with Crippen molar-refractivity contribution < 1.29 is 33.9 Å². The van der Waals surface area contributed by atoms with E-state index in [2.05, 4.69) is 21.4 Å². The van der Waals surface area contributed by atoms with Gasteiger partial charge in [0, 0.05) is 17.7 Å². The van der Waals surface area contributed by atoms with Crippen LogP contribution in [0.15, 0.2) is 71.2 Å². The van der Waals surface area contributed by atoms with E-state index in [0.717, 1.165) is 34.2 Å². The number of carboxylic acid groups (broad SMARTS) is 1. The second-order valence-electron chi connectivity index (χ2n) is 9.63. The minimum Gasteiger partial charge on any atom is -0.480 e. The fourth-order valence-electron chi connectivity index (χ4n) is 4.56. The molecule has 2 unspecified atom stereocenters. The second-order valence-corrected chi connectivity index (χ2v) is 11.6. The molecule has 220 valence electrons. The van der Waals surface area contributed by atoms with E-state index in [4.69, 9.17) is 21.7 Å². The zero-order chi connectivity index (χ0) is 30.6. The second kappa shape index (κ2) is 12.6. The lowest BCUT2D eigenvalue weighted by atomic mass is 9.88. The maximum absolute atomic E-state index is 13.3. The van der Waals surface area contributed by atoms with Gasteiger partial charge < -0.3 is 30.6 Å². The molecule has 3 heterocycles. The number of anilines is 1. The predicted octanol–water partition coefficient (Wildman–Crippen LogP) is 1.88. The monoisotopic (exact) mass is 619 g/mol. The van der Waals surface area contributed by atoms with Crippen molar-refractivity contribution in [2.45, 2.75) is 17.5 Å². The minimum atomic E-state index is -1.50. The van der Waals surface area contributed by atoms with Gasteiger partial charge in [0.2, 0.25) is 12.5 Å². The molecule has 3 atom stereocenters. The summed E-state index contributed by atoms with van der Waals surface area (Å²) >= 11 is 2.22. The number of nitrogen functional groups attached to an aromatic ring is 1. The zero-order valence-electron chi connectivity index (χ0n) is 22.4. The highest BCUT2D eigenvalue weighted by Gasteiger charge is 2.57. The van der Waals surface area contributed by atoms with E-state index >= 15 is 0 Å². The Hall–Kier alpha value is -4.87. The van der Waals surface area contributed by atoms with E-state index in [1.165, 1.54) is 10.3 Å². The van der Waals surface area contributed by atoms with Crippen molar-refractivity contribution in [2.75, 3.05) is 24.6 Å². The van der Waals surface area contributed by atoms with E-state index in [0.29, 0.717) is 0 Å². The number of ether oxygens (including phenoxy) is 1. The zero-order valence-corrected chi connectivity index (χ0v) is 24.0. The summed E-state index contributed by atoms with van der Waals surface area (Å²) in [6, 6.07) is 17.4. The van der Waals surface area contributed by atoms with Crippen LogP contribution in [0, 0.1) is 17.8 Å². The van der Waals surface area contributed by atoms with Crippen molar-refractivity contribution in [1.29, 1.82) is 0 Å². The number of terminal acetylenes is 1. The first kappa shape index (κ1) is 29.6. The number of aromatic nitrogens is 1. The number of aliphatic carboxylic acids is 1. The molecule has 3 aromatic rings. The fourth-order valence-corrected chi connectivity index (χ4v) is 6.60. The number of nitrogens with two attached hydrogens (primary N) is 1. The number of nitrogens with one attached hydrogen (secondary N) is 1. The van der Waals surface area contributed by atoms with Crippen LogP contribution >= 0.6 is 23.1 Å². The Morgan fingerprint density at radius 3 is 2.40 bits per heavy atom. The van der Waals surface area contributed by atoms with Gasteiger partial charge >= 0.3 is 11.9 Å². The Balaban J connectivity index is 1.26. The molecule has 2 saturated heterocycles. The highest BCUT2D eigenvalue weighted by Crippen LogP contribution is 2.42. The number of rotatable bonds is 10. The number of β-lactam (4-membered cyclic amide) rings is 1. The number of carbonyl (C=O) groups is 4. The van der Waals surface area contributed by atoms with Crippen molar-refractivity contribution in [3.63, 3.8) is 0 Å². The van der Waals surface area contributed by atoms with Crippen LogP contribution in [0.1, 0.15) is 22.9 Å². The molecule has 43 heavy (non-hydrogen) atoms. The number of amides is 2. The molecular formula is C29H25N5O7S2. The van der Waals surface area contributed by atoms with E-state index in [1.54, 1.807) is 0 Å². The Morgan fingerprint density at radius 1 is 1.19 bits per heavy atom. The van der Waals surface area contributed by atoms with Crippen molar-refractivity contribution in [1.82, 2.24) is 15.2 Å². The third-order valence-electron chi connectivity index (χ3n) is 6.83. The molecule has 12 nitrogen and oxygen atoms in total. The standard InChI is InChI=1S/C29H25N5O7S2/c1-2-29(27(38)39)15-34-25(37)22(26(34)43-16-29)32-24(36)21(19-14-42-28(30)31-19)33-40-13-20(35)41-23(17-9-5-3-6-10-17)18-11-7-4-8-12-18/h1,3-12,14,22-23,26H,13,15-16H2,(H2,30,31)(H,32,36)(H,38,39)/t22?,26-,29?/m1/s1. The third-order valence-corrected chi connectivity index (χ3v) is 9.03. The van der Waals surface area contributed by atoms with Crippen molar-refractivity contribution in [3.8, 4) is 12.3 Å². The van der Waals surface area contributed by atoms with Gasteiger partial charge in [0.25, 0.3) is 5.91 Å². The highest BCUT2D eigenvalue weighted by atomic mass is 32.2. The van der Waals surface area contributed by atoms with Crippen LogP contribution < -0.4 is 11.1 Å². The molecule has 2 amide bonds. The van der Waals surface area contributed by atoms with Crippen LogP contribution in [0.4, 0.5) is 5.13 Å². The fraction of sp³-hybridized carbons (Fsp3) is 0.241. The van der Waals surface area contributed by atoms with Gasteiger partial charge in [-0.25, -0.2) is 9.78 Å². The van der Waals surface area contributed by atoms with Crippen LogP contribution in [0.3, 0.4) is 0 Å². The quantitative estimate of drug-likeness (QED) is 0.1000. The molecule has 5 rings (SSSR count). The molecule has 2 fully saturated rings. The van der Waals surface area contributed by atoms with Crippen molar-refractivity contribution >= 4 is 57.7 Å². The van der Waals surface area contributed by atoms with Gasteiger partial charge in [-0.1, -0.05) is 71.7 Å². The number of benzene rings is 2. The Kier molecular flexibility index (Phi) is 8.65. The van der Waals surface area contributed by atoms with Gasteiger partial charge in [-0.2, -0.15) is 0 Å². The van der Waals surface area contributed by atoms with Crippen LogP contribution in [-0.4, -0.2) is 74.8 Å². The average Bonchev–Trinajstić information content (AvgIpc) is 3.46. The third kappa shape index (κ3) is 6.18. The molecular weight excluding hydrogens is 594 g/mol. The molecule has 0 bridgehead atoms. The van der Waals surface area contributed by atoms with E-state index in [-0.39, 0.29) is 28.8 Å². The highest BCUT2D eigenvalue weighted by molar-refractivity contribution is 8.00. The maximum Gasteiger partial charge on any atom is 0.347 e. The van der Waals surface area contributed by atoms with Crippen LogP contribution in [-0.2, 0) is 28.8 Å². The Bertz CT molecular complexity index is 1570. The number of hydrogen-bond donors (Lipinski definition) is 3. The number of oxime groups is 1. The first-order chi connectivity index (χ1) is 20.7. The van der Waals surface area contributed by atoms with Crippen molar-refractivity contribution in [3.05, 3.63) is 82.9 Å². The number of carboxylic acids is 1. The largest absolute Gasteiger partial charge is 0.480 e. The molecule has 4 N–H and O–H groups in total. The number of thioether (sulfide) groups is 1. The van der Waals surface area contributed by atoms with E-state index < -0.39 is 53.3 Å². The molecule has 0 radical (unpaired) electrons.